The second-order valence-electron chi connectivity index (χ2n) is 4.20. The van der Waals surface area contributed by atoms with E-state index in [0.29, 0.717) is 4.99 Å². The zero-order chi connectivity index (χ0) is 12.7. The first kappa shape index (κ1) is 13.9. The molecule has 0 aliphatic carbocycles. The summed E-state index contributed by atoms with van der Waals surface area (Å²) in [5.74, 6) is 0.814. The van der Waals surface area contributed by atoms with E-state index in [1.807, 2.05) is 13.0 Å². The molecule has 0 spiro atoms. The Balaban J connectivity index is 2.58. The predicted molar refractivity (Wildman–Crippen MR) is 77.5 cm³/mol. The largest absolute Gasteiger partial charge is 0.389 e. The normalized spacial score (nSPS) is 10.2. The lowest BCUT2D eigenvalue weighted by Gasteiger charge is -2.12. The average molecular weight is 251 g/mol. The van der Waals surface area contributed by atoms with Gasteiger partial charge in [0.05, 0.1) is 5.56 Å². The van der Waals surface area contributed by atoms with Crippen molar-refractivity contribution in [3.05, 3.63) is 23.4 Å². The minimum absolute atomic E-state index is 0.409. The number of aromatic nitrogens is 1. The quantitative estimate of drug-likeness (QED) is 0.578. The topological polar surface area (TPSA) is 50.9 Å². The molecule has 0 radical (unpaired) electrons. The van der Waals surface area contributed by atoms with Crippen molar-refractivity contribution in [2.75, 3.05) is 11.9 Å². The van der Waals surface area contributed by atoms with Crippen molar-refractivity contribution in [2.24, 2.45) is 5.73 Å². The van der Waals surface area contributed by atoms with Crippen LogP contribution < -0.4 is 11.1 Å². The molecule has 0 unspecified atom stereocenters. The lowest BCUT2D eigenvalue weighted by atomic mass is 10.1. The zero-order valence-corrected chi connectivity index (χ0v) is 11.4. The molecule has 1 aromatic rings. The number of thiocarbonyl (C=S) groups is 1. The number of anilines is 1. The molecule has 17 heavy (non-hydrogen) atoms. The molecular formula is C13H21N3S. The lowest BCUT2D eigenvalue weighted by molar-refractivity contribution is 0.684. The smallest absolute Gasteiger partial charge is 0.136 e. The third-order valence-corrected chi connectivity index (χ3v) is 2.93. The highest BCUT2D eigenvalue weighted by molar-refractivity contribution is 7.80. The van der Waals surface area contributed by atoms with E-state index in [-0.39, 0.29) is 0 Å². The molecule has 3 nitrogen and oxygen atoms in total. The molecule has 1 heterocycles. The Morgan fingerprint density at radius 3 is 2.82 bits per heavy atom. The van der Waals surface area contributed by atoms with E-state index < -0.39 is 0 Å². The fourth-order valence-electron chi connectivity index (χ4n) is 1.76. The van der Waals surface area contributed by atoms with Gasteiger partial charge in [-0.05, 0) is 25.0 Å². The highest BCUT2D eigenvalue weighted by Crippen LogP contribution is 2.16. The van der Waals surface area contributed by atoms with Gasteiger partial charge in [-0.3, -0.25) is 0 Å². The number of aryl methyl sites for hydroxylation is 1. The van der Waals surface area contributed by atoms with E-state index in [9.17, 15) is 0 Å². The Morgan fingerprint density at radius 2 is 2.18 bits per heavy atom. The van der Waals surface area contributed by atoms with Gasteiger partial charge in [0.2, 0.25) is 0 Å². The van der Waals surface area contributed by atoms with E-state index in [4.69, 9.17) is 18.0 Å². The van der Waals surface area contributed by atoms with Crippen LogP contribution in [-0.2, 0) is 0 Å². The van der Waals surface area contributed by atoms with Crippen LogP contribution in [0.15, 0.2) is 12.3 Å². The van der Waals surface area contributed by atoms with Crippen LogP contribution in [0.5, 0.6) is 0 Å². The van der Waals surface area contributed by atoms with E-state index in [1.165, 1.54) is 19.3 Å². The summed E-state index contributed by atoms with van der Waals surface area (Å²) in [6, 6.07) is 1.93. The van der Waals surface area contributed by atoms with Crippen molar-refractivity contribution in [3.8, 4) is 0 Å². The van der Waals surface area contributed by atoms with Crippen molar-refractivity contribution in [1.29, 1.82) is 0 Å². The number of hydrogen-bond donors (Lipinski definition) is 2. The molecule has 0 saturated heterocycles. The van der Waals surface area contributed by atoms with E-state index in [2.05, 4.69) is 17.2 Å². The predicted octanol–water partition coefficient (Wildman–Crippen LogP) is 3.02. The highest BCUT2D eigenvalue weighted by Gasteiger charge is 2.08. The maximum Gasteiger partial charge on any atom is 0.136 e. The molecule has 0 bridgehead atoms. The van der Waals surface area contributed by atoms with E-state index in [1.54, 1.807) is 6.20 Å². The number of pyridine rings is 1. The Bertz CT molecular complexity index is 377. The van der Waals surface area contributed by atoms with Gasteiger partial charge >= 0.3 is 0 Å². The number of nitrogens with two attached hydrogens (primary N) is 1. The number of nitrogens with zero attached hydrogens (tertiary/aromatic N) is 1. The first-order chi connectivity index (χ1) is 8.16. The van der Waals surface area contributed by atoms with Gasteiger partial charge in [-0.1, -0.05) is 38.4 Å². The summed E-state index contributed by atoms with van der Waals surface area (Å²) in [6.07, 6.45) is 6.72. The van der Waals surface area contributed by atoms with Gasteiger partial charge in [-0.15, -0.1) is 0 Å². The van der Waals surface area contributed by atoms with Gasteiger partial charge in [0, 0.05) is 12.7 Å². The Morgan fingerprint density at radius 1 is 1.41 bits per heavy atom. The number of hydrogen-bond acceptors (Lipinski definition) is 3. The van der Waals surface area contributed by atoms with E-state index >= 15 is 0 Å². The fraction of sp³-hybridized carbons (Fsp3) is 0.538. The van der Waals surface area contributed by atoms with Crippen molar-refractivity contribution < 1.29 is 0 Å². The summed E-state index contributed by atoms with van der Waals surface area (Å²) in [5.41, 5.74) is 7.66. The van der Waals surface area contributed by atoms with Gasteiger partial charge in [-0.25, -0.2) is 4.98 Å². The molecule has 0 amide bonds. The number of unbranched alkanes of at least 4 members (excludes halogenated alkanes) is 3. The number of nitrogens with one attached hydrogen (secondary N) is 1. The third-order valence-electron chi connectivity index (χ3n) is 2.73. The standard InChI is InChI=1S/C13H21N3S/c1-3-4-5-6-8-15-13-11(12(14)17)10(2)7-9-16-13/h7,9H,3-6,8H2,1-2H3,(H2,14,17)(H,15,16). The monoisotopic (exact) mass is 251 g/mol. The van der Waals surface area contributed by atoms with Crippen LogP contribution in [0.1, 0.15) is 43.7 Å². The lowest BCUT2D eigenvalue weighted by Crippen LogP contribution is -2.16. The molecule has 0 atom stereocenters. The molecule has 1 rings (SSSR count). The van der Waals surface area contributed by atoms with Crippen LogP contribution in [-0.4, -0.2) is 16.5 Å². The second kappa shape index (κ2) is 7.22. The van der Waals surface area contributed by atoms with Crippen molar-refractivity contribution in [1.82, 2.24) is 4.98 Å². The third kappa shape index (κ3) is 4.30. The summed E-state index contributed by atoms with van der Waals surface area (Å²) in [5, 5.41) is 3.32. The second-order valence-corrected chi connectivity index (χ2v) is 4.64. The van der Waals surface area contributed by atoms with Crippen LogP contribution in [0.4, 0.5) is 5.82 Å². The maximum absolute atomic E-state index is 5.72. The Labute approximate surface area is 109 Å². The summed E-state index contributed by atoms with van der Waals surface area (Å²) in [6.45, 7) is 5.13. The molecule has 1 aromatic heterocycles. The maximum atomic E-state index is 5.72. The SMILES string of the molecule is CCCCCCNc1nccc(C)c1C(N)=S. The van der Waals surface area contributed by atoms with Crippen LogP contribution in [0.3, 0.4) is 0 Å². The summed E-state index contributed by atoms with van der Waals surface area (Å²) in [4.78, 5) is 4.71. The van der Waals surface area contributed by atoms with Gasteiger partial charge in [0.25, 0.3) is 0 Å². The molecule has 0 aromatic carbocycles. The molecular weight excluding hydrogens is 230 g/mol. The van der Waals surface area contributed by atoms with Crippen LogP contribution in [0.2, 0.25) is 0 Å². The van der Waals surface area contributed by atoms with Crippen molar-refractivity contribution >= 4 is 23.0 Å². The molecule has 0 aliphatic rings. The molecule has 4 heteroatoms. The first-order valence-corrected chi connectivity index (χ1v) is 6.57. The van der Waals surface area contributed by atoms with Gasteiger partial charge in [0.1, 0.15) is 10.8 Å². The zero-order valence-electron chi connectivity index (χ0n) is 10.6. The minimum atomic E-state index is 0.409. The van der Waals surface area contributed by atoms with E-state index in [0.717, 1.165) is 29.9 Å². The average Bonchev–Trinajstić information content (AvgIpc) is 2.28. The molecule has 94 valence electrons. The van der Waals surface area contributed by atoms with Crippen molar-refractivity contribution in [3.63, 3.8) is 0 Å². The summed E-state index contributed by atoms with van der Waals surface area (Å²) >= 11 is 5.06. The van der Waals surface area contributed by atoms with Crippen molar-refractivity contribution in [2.45, 2.75) is 39.5 Å². The van der Waals surface area contributed by atoms with Gasteiger partial charge in [0.15, 0.2) is 0 Å². The summed E-state index contributed by atoms with van der Waals surface area (Å²) < 4.78 is 0. The summed E-state index contributed by atoms with van der Waals surface area (Å²) in [7, 11) is 0. The Kier molecular flexibility index (Phi) is 5.91. The molecule has 0 aliphatic heterocycles. The van der Waals surface area contributed by atoms with Crippen LogP contribution in [0, 0.1) is 6.92 Å². The van der Waals surface area contributed by atoms with Gasteiger partial charge in [-0.2, -0.15) is 0 Å². The molecule has 0 fully saturated rings. The Hall–Kier alpha value is -1.16. The van der Waals surface area contributed by atoms with Crippen LogP contribution in [0.25, 0.3) is 0 Å². The highest BCUT2D eigenvalue weighted by atomic mass is 32.1. The minimum Gasteiger partial charge on any atom is -0.389 e. The number of rotatable bonds is 7. The molecule has 3 N–H and O–H groups in total. The van der Waals surface area contributed by atoms with Crippen LogP contribution >= 0.6 is 12.2 Å². The van der Waals surface area contributed by atoms with Gasteiger partial charge < -0.3 is 11.1 Å². The first-order valence-electron chi connectivity index (χ1n) is 6.16. The fourth-order valence-corrected chi connectivity index (χ4v) is 2.02. The molecule has 0 saturated carbocycles.